The molecule has 132 valence electrons. The zero-order chi connectivity index (χ0) is 17.4. The lowest BCUT2D eigenvalue weighted by atomic mass is 10.1. The van der Waals surface area contributed by atoms with Crippen LogP contribution in [0.15, 0.2) is 47.4 Å². The van der Waals surface area contributed by atoms with Crippen molar-refractivity contribution < 1.29 is 13.2 Å². The van der Waals surface area contributed by atoms with Crippen LogP contribution in [0.2, 0.25) is 5.02 Å². The molecule has 4 rings (SSSR count). The highest BCUT2D eigenvalue weighted by molar-refractivity contribution is 7.92. The Hall–Kier alpha value is -1.76. The van der Waals surface area contributed by atoms with Gasteiger partial charge >= 0.3 is 0 Å². The minimum absolute atomic E-state index is 0.266. The number of nitrogens with zero attached hydrogens (tertiary/aromatic N) is 2. The second kappa shape index (κ2) is 6.52. The summed E-state index contributed by atoms with van der Waals surface area (Å²) in [6.45, 7) is 3.66. The third-order valence-corrected chi connectivity index (χ3v) is 6.77. The van der Waals surface area contributed by atoms with Gasteiger partial charge in [-0.2, -0.15) is 0 Å². The van der Waals surface area contributed by atoms with Crippen molar-refractivity contribution in [3.8, 4) is 0 Å². The van der Waals surface area contributed by atoms with Gasteiger partial charge in [-0.3, -0.25) is 4.31 Å². The average molecular weight is 379 g/mol. The standard InChI is InChI=1S/C18H19ClN2O3S/c19-15-1-4-17(5-2-15)25(22,23)21-8-7-14-13-16(3-6-18(14)21)20-9-11-24-12-10-20/h1-6,13H,7-12H2. The SMILES string of the molecule is O=S(=O)(c1ccc(Cl)cc1)N1CCc2cc(N3CCOCC3)ccc21. The maximum Gasteiger partial charge on any atom is 0.264 e. The van der Waals surface area contributed by atoms with Crippen LogP contribution in [0.25, 0.3) is 0 Å². The first-order valence-electron chi connectivity index (χ1n) is 8.30. The fourth-order valence-electron chi connectivity index (χ4n) is 3.36. The van der Waals surface area contributed by atoms with Gasteiger partial charge in [-0.25, -0.2) is 8.42 Å². The van der Waals surface area contributed by atoms with Gasteiger partial charge in [-0.1, -0.05) is 11.6 Å². The van der Waals surface area contributed by atoms with Crippen LogP contribution in [0.3, 0.4) is 0 Å². The summed E-state index contributed by atoms with van der Waals surface area (Å²) in [6, 6.07) is 12.3. The van der Waals surface area contributed by atoms with E-state index in [0.717, 1.165) is 49.7 Å². The topological polar surface area (TPSA) is 49.9 Å². The van der Waals surface area contributed by atoms with Crippen LogP contribution < -0.4 is 9.21 Å². The Kier molecular flexibility index (Phi) is 4.35. The number of hydrogen-bond acceptors (Lipinski definition) is 4. The van der Waals surface area contributed by atoms with Crippen molar-refractivity contribution >= 4 is 33.0 Å². The molecule has 2 aliphatic rings. The predicted molar refractivity (Wildman–Crippen MR) is 99.2 cm³/mol. The molecule has 2 aliphatic heterocycles. The average Bonchev–Trinajstić information content (AvgIpc) is 3.07. The second-order valence-corrected chi connectivity index (χ2v) is 8.49. The first kappa shape index (κ1) is 16.7. The van der Waals surface area contributed by atoms with Crippen molar-refractivity contribution in [3.63, 3.8) is 0 Å². The maximum absolute atomic E-state index is 13.0. The van der Waals surface area contributed by atoms with Gasteiger partial charge in [0.05, 0.1) is 23.8 Å². The highest BCUT2D eigenvalue weighted by Crippen LogP contribution is 2.35. The molecular weight excluding hydrogens is 360 g/mol. The summed E-state index contributed by atoms with van der Waals surface area (Å²) in [4.78, 5) is 2.54. The molecule has 0 radical (unpaired) electrons. The van der Waals surface area contributed by atoms with E-state index in [2.05, 4.69) is 11.0 Å². The number of halogens is 1. The van der Waals surface area contributed by atoms with Gasteiger partial charge in [0.15, 0.2) is 0 Å². The molecule has 25 heavy (non-hydrogen) atoms. The monoisotopic (exact) mass is 378 g/mol. The maximum atomic E-state index is 13.0. The molecule has 0 N–H and O–H groups in total. The van der Waals surface area contributed by atoms with E-state index >= 15 is 0 Å². The second-order valence-electron chi connectivity index (χ2n) is 6.19. The van der Waals surface area contributed by atoms with Crippen LogP contribution in [-0.4, -0.2) is 41.3 Å². The van der Waals surface area contributed by atoms with Gasteiger partial charge in [0, 0.05) is 30.3 Å². The Morgan fingerprint density at radius 1 is 0.960 bits per heavy atom. The summed E-state index contributed by atoms with van der Waals surface area (Å²) >= 11 is 5.87. The summed E-state index contributed by atoms with van der Waals surface area (Å²) in [6.07, 6.45) is 0.723. The minimum atomic E-state index is -3.57. The van der Waals surface area contributed by atoms with Crippen LogP contribution in [0.5, 0.6) is 0 Å². The van der Waals surface area contributed by atoms with E-state index in [1.54, 1.807) is 24.3 Å². The molecule has 0 bridgehead atoms. The molecule has 1 saturated heterocycles. The van der Waals surface area contributed by atoms with Crippen LogP contribution in [0.1, 0.15) is 5.56 Å². The summed E-state index contributed by atoms with van der Waals surface area (Å²) < 4.78 is 32.8. The Morgan fingerprint density at radius 2 is 1.68 bits per heavy atom. The molecule has 0 spiro atoms. The van der Waals surface area contributed by atoms with Crippen molar-refractivity contribution in [2.24, 2.45) is 0 Å². The molecule has 7 heteroatoms. The lowest BCUT2D eigenvalue weighted by molar-refractivity contribution is 0.122. The number of hydrogen-bond donors (Lipinski definition) is 0. The molecule has 0 saturated carbocycles. The molecule has 2 aromatic rings. The zero-order valence-electron chi connectivity index (χ0n) is 13.7. The highest BCUT2D eigenvalue weighted by atomic mass is 35.5. The lowest BCUT2D eigenvalue weighted by Crippen LogP contribution is -2.36. The van der Waals surface area contributed by atoms with Gasteiger partial charge in [0.2, 0.25) is 0 Å². The number of sulfonamides is 1. The number of fused-ring (bicyclic) bond motifs is 1. The predicted octanol–water partition coefficient (Wildman–Crippen LogP) is 2.93. The summed E-state index contributed by atoms with van der Waals surface area (Å²) in [5.74, 6) is 0. The molecule has 0 amide bonds. The third-order valence-electron chi connectivity index (χ3n) is 4.69. The van der Waals surface area contributed by atoms with Crippen molar-refractivity contribution in [3.05, 3.63) is 53.1 Å². The summed E-state index contributed by atoms with van der Waals surface area (Å²) in [7, 11) is -3.57. The number of rotatable bonds is 3. The van der Waals surface area contributed by atoms with Gasteiger partial charge in [-0.05, 0) is 54.4 Å². The van der Waals surface area contributed by atoms with Gasteiger partial charge < -0.3 is 9.64 Å². The molecule has 5 nitrogen and oxygen atoms in total. The Bertz CT molecular complexity index is 878. The van der Waals surface area contributed by atoms with Gasteiger partial charge in [-0.15, -0.1) is 0 Å². The fourth-order valence-corrected chi connectivity index (χ4v) is 4.99. The normalized spacial score (nSPS) is 17.6. The molecule has 2 aromatic carbocycles. The number of ether oxygens (including phenoxy) is 1. The summed E-state index contributed by atoms with van der Waals surface area (Å²) in [5.41, 5.74) is 2.97. The first-order valence-corrected chi connectivity index (χ1v) is 10.1. The van der Waals surface area contributed by atoms with Gasteiger partial charge in [0.25, 0.3) is 10.0 Å². The number of benzene rings is 2. The Balaban J connectivity index is 1.64. The zero-order valence-corrected chi connectivity index (χ0v) is 15.3. The van der Waals surface area contributed by atoms with E-state index in [-0.39, 0.29) is 4.90 Å². The van der Waals surface area contributed by atoms with E-state index in [0.29, 0.717) is 11.6 Å². The van der Waals surface area contributed by atoms with Crippen molar-refractivity contribution in [1.29, 1.82) is 0 Å². The van der Waals surface area contributed by atoms with Gasteiger partial charge in [0.1, 0.15) is 0 Å². The van der Waals surface area contributed by atoms with Crippen LogP contribution in [0, 0.1) is 0 Å². The van der Waals surface area contributed by atoms with Crippen molar-refractivity contribution in [1.82, 2.24) is 0 Å². The molecule has 0 unspecified atom stereocenters. The first-order chi connectivity index (χ1) is 12.1. The molecule has 0 aromatic heterocycles. The van der Waals surface area contributed by atoms with Crippen molar-refractivity contribution in [2.45, 2.75) is 11.3 Å². The smallest absolute Gasteiger partial charge is 0.264 e. The Morgan fingerprint density at radius 3 is 2.40 bits per heavy atom. The van der Waals surface area contributed by atoms with Crippen LogP contribution >= 0.6 is 11.6 Å². The summed E-state index contributed by atoms with van der Waals surface area (Å²) in [5, 5.41) is 0.524. The van der Waals surface area contributed by atoms with E-state index in [9.17, 15) is 8.42 Å². The molecule has 2 heterocycles. The van der Waals surface area contributed by atoms with E-state index in [1.165, 1.54) is 4.31 Å². The van der Waals surface area contributed by atoms with Crippen molar-refractivity contribution in [2.75, 3.05) is 42.1 Å². The number of morpholine rings is 1. The quantitative estimate of drug-likeness (QED) is 0.824. The highest BCUT2D eigenvalue weighted by Gasteiger charge is 2.31. The molecule has 0 aliphatic carbocycles. The lowest BCUT2D eigenvalue weighted by Gasteiger charge is -2.29. The largest absolute Gasteiger partial charge is 0.378 e. The molecular formula is C18H19ClN2O3S. The van der Waals surface area contributed by atoms with Crippen LogP contribution in [0.4, 0.5) is 11.4 Å². The molecule has 0 atom stereocenters. The van der Waals surface area contributed by atoms with E-state index in [1.807, 2.05) is 12.1 Å². The fraction of sp³-hybridized carbons (Fsp3) is 0.333. The number of anilines is 2. The molecule has 1 fully saturated rings. The van der Waals surface area contributed by atoms with E-state index in [4.69, 9.17) is 16.3 Å². The minimum Gasteiger partial charge on any atom is -0.378 e. The van der Waals surface area contributed by atoms with Crippen LogP contribution in [-0.2, 0) is 21.2 Å². The Labute approximate surface area is 152 Å². The third kappa shape index (κ3) is 3.10. The van der Waals surface area contributed by atoms with E-state index < -0.39 is 10.0 Å².